The van der Waals surface area contributed by atoms with Gasteiger partial charge in [0.2, 0.25) is 5.95 Å². The van der Waals surface area contributed by atoms with E-state index in [0.717, 1.165) is 0 Å². The lowest BCUT2D eigenvalue weighted by Gasteiger charge is -2.55. The molecule has 1 saturated heterocycles. The number of halogens is 2. The molecular formula is C22H18ClFN8OS. The number of hydrogen-bond acceptors (Lipinski definition) is 8. The number of nitrogens with two attached hydrogens (primary N) is 1. The van der Waals surface area contributed by atoms with Gasteiger partial charge in [-0.1, -0.05) is 18.5 Å². The second kappa shape index (κ2) is 7.72. The number of anilines is 2. The molecular weight excluding hydrogens is 479 g/mol. The number of nitriles is 1. The van der Waals surface area contributed by atoms with Crippen LogP contribution in [-0.2, 0) is 4.87 Å². The molecule has 5 rings (SSSR count). The summed E-state index contributed by atoms with van der Waals surface area (Å²) in [4.78, 5) is 22.7. The van der Waals surface area contributed by atoms with E-state index in [-0.39, 0.29) is 33.8 Å². The second-order valence-corrected chi connectivity index (χ2v) is 9.20. The van der Waals surface area contributed by atoms with Crippen molar-refractivity contribution in [2.75, 3.05) is 17.2 Å². The zero-order valence-corrected chi connectivity index (χ0v) is 19.7. The molecule has 4 aromatic rings. The van der Waals surface area contributed by atoms with Crippen LogP contribution in [0.15, 0.2) is 41.3 Å². The van der Waals surface area contributed by atoms with Gasteiger partial charge in [-0.25, -0.2) is 13.9 Å². The summed E-state index contributed by atoms with van der Waals surface area (Å²) in [5.74, 6) is -0.00651. The third-order valence-electron chi connectivity index (χ3n) is 6.06. The highest BCUT2D eigenvalue weighted by atomic mass is 35.5. The minimum atomic E-state index is -1.17. The Morgan fingerprint density at radius 1 is 1.29 bits per heavy atom. The first-order valence-electron chi connectivity index (χ1n) is 10.3. The Labute approximate surface area is 203 Å². The van der Waals surface area contributed by atoms with E-state index in [1.165, 1.54) is 33.3 Å². The van der Waals surface area contributed by atoms with Gasteiger partial charge in [-0.3, -0.25) is 9.36 Å². The normalized spacial score (nSPS) is 19.8. The van der Waals surface area contributed by atoms with Gasteiger partial charge in [0.15, 0.2) is 11.6 Å². The van der Waals surface area contributed by atoms with Gasteiger partial charge in [0.05, 0.1) is 16.4 Å². The van der Waals surface area contributed by atoms with Gasteiger partial charge in [-0.15, -0.1) is 12.6 Å². The molecule has 12 heteroatoms. The summed E-state index contributed by atoms with van der Waals surface area (Å²) in [7, 11) is 0. The van der Waals surface area contributed by atoms with Crippen molar-refractivity contribution in [2.45, 2.75) is 18.7 Å². The lowest BCUT2D eigenvalue weighted by Crippen LogP contribution is -2.63. The Bertz CT molecular complexity index is 1560. The van der Waals surface area contributed by atoms with Gasteiger partial charge in [0.25, 0.3) is 5.56 Å². The molecule has 1 aromatic carbocycles. The number of nitrogens with zero attached hydrogens (tertiary/aromatic N) is 7. The zero-order chi connectivity index (χ0) is 24.4. The fraction of sp³-hybridized carbons (Fsp3) is 0.227. The monoisotopic (exact) mass is 496 g/mol. The number of aryl methyl sites for hydroxylation is 1. The van der Waals surface area contributed by atoms with Crippen molar-refractivity contribution in [3.05, 3.63) is 74.8 Å². The molecule has 0 spiro atoms. The molecule has 2 unspecified atom stereocenters. The third-order valence-corrected chi connectivity index (χ3v) is 7.25. The van der Waals surface area contributed by atoms with Gasteiger partial charge in [-0.05, 0) is 37.3 Å². The van der Waals surface area contributed by atoms with Crippen molar-refractivity contribution in [3.8, 4) is 11.8 Å². The van der Waals surface area contributed by atoms with E-state index in [1.54, 1.807) is 24.1 Å². The molecule has 0 bridgehead atoms. The minimum absolute atomic E-state index is 0.0123. The molecule has 2 N–H and O–H groups in total. The number of thiol groups is 1. The van der Waals surface area contributed by atoms with E-state index in [4.69, 9.17) is 35.1 Å². The van der Waals surface area contributed by atoms with Crippen LogP contribution in [0.3, 0.4) is 0 Å². The van der Waals surface area contributed by atoms with Crippen molar-refractivity contribution < 1.29 is 4.39 Å². The topological polar surface area (TPSA) is 118 Å². The highest BCUT2D eigenvalue weighted by Crippen LogP contribution is 2.50. The summed E-state index contributed by atoms with van der Waals surface area (Å²) >= 11 is 11.3. The summed E-state index contributed by atoms with van der Waals surface area (Å²) in [5.41, 5.74) is 6.68. The van der Waals surface area contributed by atoms with Gasteiger partial charge < -0.3 is 10.6 Å². The first-order chi connectivity index (χ1) is 16.2. The van der Waals surface area contributed by atoms with Crippen molar-refractivity contribution in [2.24, 2.45) is 5.92 Å². The van der Waals surface area contributed by atoms with Crippen LogP contribution in [0.2, 0.25) is 5.02 Å². The number of rotatable bonds is 3. The van der Waals surface area contributed by atoms with Crippen LogP contribution in [0, 0.1) is 30.0 Å². The summed E-state index contributed by atoms with van der Waals surface area (Å²) in [6, 6.07) is 9.17. The third kappa shape index (κ3) is 3.06. The Hall–Kier alpha value is -3.62. The standard InChI is InChI=1S/C22H18ClFN8OS/c1-11-10-30(18-15(9-25)12(2)27-21(26)28-18)22(11,34)20-29-31-8-7-16(23)17(31)19(33)32(20)14-5-3-13(24)4-6-14/h3-8,11,34H,10H2,1-2H3,(H2,26,27,28). The van der Waals surface area contributed by atoms with Crippen LogP contribution in [0.5, 0.6) is 0 Å². The maximum atomic E-state index is 13.7. The fourth-order valence-electron chi connectivity index (χ4n) is 4.29. The molecule has 2 atom stereocenters. The van der Waals surface area contributed by atoms with E-state index in [0.29, 0.717) is 23.7 Å². The van der Waals surface area contributed by atoms with E-state index >= 15 is 0 Å². The van der Waals surface area contributed by atoms with Crippen molar-refractivity contribution >= 4 is 41.5 Å². The zero-order valence-electron chi connectivity index (χ0n) is 18.1. The molecule has 0 saturated carbocycles. The number of aromatic nitrogens is 5. The van der Waals surface area contributed by atoms with E-state index in [1.807, 2.05) is 6.92 Å². The van der Waals surface area contributed by atoms with E-state index < -0.39 is 16.2 Å². The largest absolute Gasteiger partial charge is 0.368 e. The smallest absolute Gasteiger partial charge is 0.284 e. The van der Waals surface area contributed by atoms with Crippen molar-refractivity contribution in [1.82, 2.24) is 24.1 Å². The SMILES string of the molecule is Cc1nc(N)nc(N2CC(C)C2(S)c2nn3ccc(Cl)c3c(=O)n2-c2ccc(F)cc2)c1C#N. The van der Waals surface area contributed by atoms with Crippen LogP contribution in [-0.4, -0.2) is 30.7 Å². The lowest BCUT2D eigenvalue weighted by atomic mass is 9.87. The highest BCUT2D eigenvalue weighted by Gasteiger charge is 2.55. The predicted octanol–water partition coefficient (Wildman–Crippen LogP) is 3.07. The molecule has 172 valence electrons. The Balaban J connectivity index is 1.82. The quantitative estimate of drug-likeness (QED) is 0.418. The molecule has 9 nitrogen and oxygen atoms in total. The highest BCUT2D eigenvalue weighted by molar-refractivity contribution is 7.81. The molecule has 34 heavy (non-hydrogen) atoms. The molecule has 3 aromatic heterocycles. The Kier molecular flexibility index (Phi) is 5.03. The molecule has 0 amide bonds. The summed E-state index contributed by atoms with van der Waals surface area (Å²) in [6.45, 7) is 4.09. The van der Waals surface area contributed by atoms with Crippen molar-refractivity contribution in [1.29, 1.82) is 5.26 Å². The molecule has 1 aliphatic rings. The first-order valence-corrected chi connectivity index (χ1v) is 11.1. The molecule has 0 radical (unpaired) electrons. The van der Waals surface area contributed by atoms with Crippen LogP contribution in [0.4, 0.5) is 16.2 Å². The Morgan fingerprint density at radius 3 is 2.65 bits per heavy atom. The summed E-state index contributed by atoms with van der Waals surface area (Å²) in [6.07, 6.45) is 1.58. The van der Waals surface area contributed by atoms with Crippen molar-refractivity contribution in [3.63, 3.8) is 0 Å². The van der Waals surface area contributed by atoms with Gasteiger partial charge >= 0.3 is 0 Å². The van der Waals surface area contributed by atoms with Crippen LogP contribution >= 0.6 is 24.2 Å². The lowest BCUT2D eigenvalue weighted by molar-refractivity contribution is 0.263. The van der Waals surface area contributed by atoms with Crippen LogP contribution < -0.4 is 16.2 Å². The van der Waals surface area contributed by atoms with Gasteiger partial charge in [0.1, 0.15) is 27.8 Å². The maximum absolute atomic E-state index is 13.7. The van der Waals surface area contributed by atoms with E-state index in [2.05, 4.69) is 16.0 Å². The summed E-state index contributed by atoms with van der Waals surface area (Å²) < 4.78 is 16.4. The van der Waals surface area contributed by atoms with Crippen LogP contribution in [0.1, 0.15) is 24.0 Å². The molecule has 1 aliphatic heterocycles. The first kappa shape index (κ1) is 22.2. The average molecular weight is 497 g/mol. The average Bonchev–Trinajstić information content (AvgIpc) is 3.18. The number of fused-ring (bicyclic) bond motifs is 1. The fourth-order valence-corrected chi connectivity index (χ4v) is 4.91. The van der Waals surface area contributed by atoms with Gasteiger partial charge in [-0.2, -0.15) is 15.3 Å². The summed E-state index contributed by atoms with van der Waals surface area (Å²) in [5, 5.41) is 14.7. The minimum Gasteiger partial charge on any atom is -0.368 e. The van der Waals surface area contributed by atoms with E-state index in [9.17, 15) is 14.4 Å². The molecule has 1 fully saturated rings. The number of hydrogen-bond donors (Lipinski definition) is 2. The molecule has 0 aliphatic carbocycles. The Morgan fingerprint density at radius 2 is 2.00 bits per heavy atom. The van der Waals surface area contributed by atoms with Crippen LogP contribution in [0.25, 0.3) is 11.2 Å². The number of benzene rings is 1. The predicted molar refractivity (Wildman–Crippen MR) is 129 cm³/mol. The second-order valence-electron chi connectivity index (χ2n) is 8.11. The maximum Gasteiger partial charge on any atom is 0.284 e. The number of nitrogen functional groups attached to an aromatic ring is 1. The molecule has 4 heterocycles. The van der Waals surface area contributed by atoms with Gasteiger partial charge in [0, 0.05) is 18.7 Å².